The molecule has 10 rings (SSSR count). The summed E-state index contributed by atoms with van der Waals surface area (Å²) in [6.07, 6.45) is 82.4. The predicted octanol–water partition coefficient (Wildman–Crippen LogP) is 27.4. The first-order valence-electron chi connectivity index (χ1n) is 45.1. The highest BCUT2D eigenvalue weighted by Crippen LogP contribution is 2.40. The fraction of sp³-hybridized carbons (Fsp3) is 0.649. The first kappa shape index (κ1) is 87.0. The number of imidazole rings is 1. The molecule has 4 aliphatic rings. The third-order valence-corrected chi connectivity index (χ3v) is 22.5. The largest absolute Gasteiger partial charge is 0.310 e. The average Bonchev–Trinajstić information content (AvgIpc) is 1.64. The van der Waals surface area contributed by atoms with Gasteiger partial charge in [-0.15, -0.1) is 0 Å². The lowest BCUT2D eigenvalue weighted by atomic mass is 10.0. The van der Waals surface area contributed by atoms with Crippen molar-refractivity contribution in [1.29, 1.82) is 0 Å². The number of hydrogen-bond acceptors (Lipinski definition) is 6. The van der Waals surface area contributed by atoms with Crippen LogP contribution in [0.4, 0.5) is 22.7 Å². The zero-order chi connectivity index (χ0) is 74.0. The Bertz CT molecular complexity index is 3110. The summed E-state index contributed by atoms with van der Waals surface area (Å²) in [6.45, 7) is 17.6. The molecule has 586 valence electrons. The summed E-state index contributed by atoms with van der Waals surface area (Å²) in [7, 11) is 0. The van der Waals surface area contributed by atoms with Gasteiger partial charge >= 0.3 is 0 Å². The van der Waals surface area contributed by atoms with Crippen molar-refractivity contribution in [3.8, 4) is 5.69 Å². The summed E-state index contributed by atoms with van der Waals surface area (Å²) in [6, 6.07) is 43.7. The van der Waals surface area contributed by atoms with Gasteiger partial charge in [-0.25, -0.2) is 13.7 Å². The van der Waals surface area contributed by atoms with Gasteiger partial charge in [0.2, 0.25) is 18.2 Å². The fourth-order valence-electron chi connectivity index (χ4n) is 15.9. The summed E-state index contributed by atoms with van der Waals surface area (Å²) in [5.74, 6) is 2.33. The molecule has 4 aromatic carbocycles. The van der Waals surface area contributed by atoms with Crippen LogP contribution in [0.5, 0.6) is 0 Å². The standard InChI is InChI=1S/C26H43N3.C25H33N3.C25H41N2.C21H38N/c1-2-3-4-5-6-7-8-9-10-11-12-13-14-17-22-28-24-19-15-16-20-25(24)29-23-18-21-27-26(28)29;1-2-3-4-5-6-7-11-21-14-16-22(17-15-21)20-28-24-13-9-8-12-23(24)27-19-10-18-26-25(27)28;1-2-3-4-5-6-7-8-9-10-11-12-13-14-18-21-26-22-23-27(24-26)25-19-16-15-17-20-25;1-2-3-4-5-6-7-8-9-10-11-12-13-14-16-19-22-20-17-15-18-21-22/h15-16,19-20H,2-14,17-18,21-23H2,1H3;8-9,12-17H,2-7,10-11,18-20H2,1H3;15-17,19-20,22-24H,2-14,18,21H2,1H3;15,17-18,20-21H,2-14,16,19H2,1H3/q;;2*+1. The van der Waals surface area contributed by atoms with Crippen LogP contribution in [-0.2, 0) is 26.1 Å². The van der Waals surface area contributed by atoms with Gasteiger partial charge in [-0.1, -0.05) is 370 Å². The molecule has 0 radical (unpaired) electrons. The Morgan fingerprint density at radius 1 is 0.302 bits per heavy atom. The van der Waals surface area contributed by atoms with Gasteiger partial charge in [-0.05, 0) is 98.9 Å². The van der Waals surface area contributed by atoms with Gasteiger partial charge in [-0.2, -0.15) is 0 Å². The van der Waals surface area contributed by atoms with Gasteiger partial charge in [-0.3, -0.25) is 9.98 Å². The Balaban J connectivity index is 0.000000198. The lowest BCUT2D eigenvalue weighted by Crippen LogP contribution is -2.42. The zero-order valence-corrected chi connectivity index (χ0v) is 68.7. The van der Waals surface area contributed by atoms with Gasteiger partial charge in [0.05, 0.1) is 35.8 Å². The first-order valence-corrected chi connectivity index (χ1v) is 45.1. The molecule has 0 amide bonds. The predicted molar refractivity (Wildman–Crippen MR) is 462 cm³/mol. The average molecular weight is 1450 g/mol. The number of anilines is 4. The van der Waals surface area contributed by atoms with E-state index < -0.39 is 0 Å². The van der Waals surface area contributed by atoms with Crippen molar-refractivity contribution < 1.29 is 9.13 Å². The third kappa shape index (κ3) is 35.4. The van der Waals surface area contributed by atoms with Crippen molar-refractivity contribution >= 4 is 34.7 Å². The van der Waals surface area contributed by atoms with E-state index in [1.54, 1.807) is 0 Å². The van der Waals surface area contributed by atoms with Crippen molar-refractivity contribution in [2.75, 3.05) is 52.3 Å². The molecule has 0 fully saturated rings. The molecule has 0 aliphatic carbocycles. The Kier molecular flexibility index (Phi) is 47.5. The number of pyridine rings is 1. The number of hydrogen-bond donors (Lipinski definition) is 0. The van der Waals surface area contributed by atoms with Crippen LogP contribution in [-0.4, -0.2) is 49.2 Å². The number of benzene rings is 4. The van der Waals surface area contributed by atoms with E-state index in [4.69, 9.17) is 9.98 Å². The van der Waals surface area contributed by atoms with E-state index in [0.29, 0.717) is 0 Å². The Morgan fingerprint density at radius 3 is 1.08 bits per heavy atom. The molecule has 0 spiro atoms. The van der Waals surface area contributed by atoms with Crippen LogP contribution < -0.4 is 28.7 Å². The normalized spacial score (nSPS) is 13.4. The van der Waals surface area contributed by atoms with Crippen molar-refractivity contribution in [3.05, 3.63) is 164 Å². The zero-order valence-electron chi connectivity index (χ0n) is 68.7. The molecule has 2 aromatic heterocycles. The maximum Gasteiger partial charge on any atom is 0.248 e. The molecule has 0 saturated heterocycles. The molecule has 0 N–H and O–H groups in total. The number of unbranched alkanes of at least 4 members (excludes halogenated alkanes) is 44. The minimum Gasteiger partial charge on any atom is -0.310 e. The van der Waals surface area contributed by atoms with Crippen molar-refractivity contribution in [1.82, 2.24) is 4.57 Å². The Morgan fingerprint density at radius 2 is 0.642 bits per heavy atom. The monoisotopic (exact) mass is 1450 g/mol. The van der Waals surface area contributed by atoms with Crippen LogP contribution in [0.2, 0.25) is 0 Å². The summed E-state index contributed by atoms with van der Waals surface area (Å²) >= 11 is 0. The Hall–Kier alpha value is -6.22. The molecule has 6 heterocycles. The highest BCUT2D eigenvalue weighted by atomic mass is 15.4. The number of aryl methyl sites for hydroxylation is 3. The van der Waals surface area contributed by atoms with Gasteiger partial charge in [0.1, 0.15) is 24.6 Å². The smallest absolute Gasteiger partial charge is 0.248 e. The molecule has 6 aromatic rings. The number of guanidine groups is 2. The van der Waals surface area contributed by atoms with E-state index in [-0.39, 0.29) is 0 Å². The van der Waals surface area contributed by atoms with Gasteiger partial charge in [0.15, 0.2) is 12.4 Å². The van der Waals surface area contributed by atoms with Gasteiger partial charge in [0.25, 0.3) is 0 Å². The highest BCUT2D eigenvalue weighted by molar-refractivity contribution is 6.17. The minimum atomic E-state index is 0.893. The van der Waals surface area contributed by atoms with Crippen molar-refractivity contribution in [2.45, 2.75) is 375 Å². The van der Waals surface area contributed by atoms with Crippen LogP contribution in [0.25, 0.3) is 5.69 Å². The lowest BCUT2D eigenvalue weighted by Gasteiger charge is -2.27. The Labute approximate surface area is 651 Å². The SMILES string of the molecule is CCCCCCCCCCCCCCCCN1C2=NCCCN2c2ccccc21.CCCCCCCCCCCCCCCC[n+]1ccccc1.CCCCCCCCCCCCCCCC[n+]1ccn(-c2ccccc2)c1.CCCCCCCCc1ccc(CN2C3=NCCCN3c3ccccc32)cc1. The molecule has 0 atom stereocenters. The fourth-order valence-corrected chi connectivity index (χ4v) is 15.9. The van der Waals surface area contributed by atoms with Crippen LogP contribution in [0, 0.1) is 0 Å². The number of aromatic nitrogens is 3. The summed E-state index contributed by atoms with van der Waals surface area (Å²) in [5, 5.41) is 0. The van der Waals surface area contributed by atoms with Crippen LogP contribution >= 0.6 is 0 Å². The van der Waals surface area contributed by atoms with E-state index in [0.717, 1.165) is 58.2 Å². The molecule has 0 unspecified atom stereocenters. The number of fused-ring (bicyclic) bond motifs is 6. The maximum absolute atomic E-state index is 4.84. The summed E-state index contributed by atoms with van der Waals surface area (Å²) < 4.78 is 6.80. The third-order valence-electron chi connectivity index (χ3n) is 22.5. The van der Waals surface area contributed by atoms with Crippen LogP contribution in [0.1, 0.15) is 360 Å². The number of para-hydroxylation sites is 5. The highest BCUT2D eigenvalue weighted by Gasteiger charge is 2.35. The number of nitrogens with zero attached hydrogens (tertiary/aromatic N) is 9. The van der Waals surface area contributed by atoms with E-state index in [1.165, 1.54) is 373 Å². The van der Waals surface area contributed by atoms with Crippen LogP contribution in [0.3, 0.4) is 0 Å². The second-order valence-corrected chi connectivity index (χ2v) is 31.7. The second kappa shape index (κ2) is 57.8. The number of rotatable bonds is 55. The van der Waals surface area contributed by atoms with E-state index in [2.05, 4.69) is 213 Å². The number of aliphatic imine (C=N–C) groups is 2. The molecule has 0 bridgehead atoms. The van der Waals surface area contributed by atoms with Gasteiger partial charge < -0.3 is 19.6 Å². The van der Waals surface area contributed by atoms with Crippen molar-refractivity contribution in [2.24, 2.45) is 9.98 Å². The molecule has 4 aliphatic heterocycles. The van der Waals surface area contributed by atoms with E-state index in [1.807, 2.05) is 0 Å². The molecular weight excluding hydrogens is 1290 g/mol. The molecular formula is C97H155N9+2. The molecule has 0 saturated carbocycles. The molecule has 9 heteroatoms. The first-order chi connectivity index (χ1) is 52.6. The van der Waals surface area contributed by atoms with Crippen molar-refractivity contribution in [3.63, 3.8) is 0 Å². The maximum atomic E-state index is 4.84. The quantitative estimate of drug-likeness (QED) is 0.0282. The minimum absolute atomic E-state index is 0.893. The molecule has 9 nitrogen and oxygen atoms in total. The molecule has 106 heavy (non-hydrogen) atoms. The van der Waals surface area contributed by atoms with Crippen LogP contribution in [0.15, 0.2) is 162 Å². The summed E-state index contributed by atoms with van der Waals surface area (Å²) in [5.41, 5.74) is 9.38. The van der Waals surface area contributed by atoms with E-state index in [9.17, 15) is 0 Å². The topological polar surface area (TPSA) is 50.4 Å². The summed E-state index contributed by atoms with van der Waals surface area (Å²) in [4.78, 5) is 19.3. The second-order valence-electron chi connectivity index (χ2n) is 31.7. The lowest BCUT2D eigenvalue weighted by molar-refractivity contribution is -0.697. The van der Waals surface area contributed by atoms with Gasteiger partial charge in [0, 0.05) is 51.3 Å². The van der Waals surface area contributed by atoms with E-state index >= 15 is 0 Å².